The van der Waals surface area contributed by atoms with E-state index in [1.807, 2.05) is 0 Å². The Balaban J connectivity index is 1.98. The maximum Gasteiger partial charge on any atom is 0.252 e. The molecule has 0 aliphatic carbocycles. The lowest BCUT2D eigenvalue weighted by Crippen LogP contribution is -1.98. The van der Waals surface area contributed by atoms with E-state index in [4.69, 9.17) is 16.3 Å². The molecule has 0 N–H and O–H groups in total. The molecule has 0 unspecified atom stereocenters. The molecule has 1 rings (SSSR count). The number of benzene rings is 1. The topological polar surface area (TPSA) is 26.3 Å². The van der Waals surface area contributed by atoms with Crippen LogP contribution in [0.15, 0.2) is 24.3 Å². The summed E-state index contributed by atoms with van der Waals surface area (Å²) >= 11 is 5.39. The number of hydrogen-bond acceptors (Lipinski definition) is 2. The lowest BCUT2D eigenvalue weighted by atomic mass is 10.1. The number of rotatable bonds is 12. The van der Waals surface area contributed by atoms with Gasteiger partial charge in [0.1, 0.15) is 5.75 Å². The van der Waals surface area contributed by atoms with Crippen molar-refractivity contribution in [1.29, 1.82) is 0 Å². The molecule has 0 bridgehead atoms. The lowest BCUT2D eigenvalue weighted by molar-refractivity contribution is 0.108. The van der Waals surface area contributed by atoms with Gasteiger partial charge in [-0.25, -0.2) is 0 Å². The van der Waals surface area contributed by atoms with E-state index in [1.54, 1.807) is 24.3 Å². The average Bonchev–Trinajstić information content (AvgIpc) is 2.49. The largest absolute Gasteiger partial charge is 0.494 e. The van der Waals surface area contributed by atoms with E-state index < -0.39 is 5.24 Å². The average molecular weight is 311 g/mol. The molecule has 0 amide bonds. The Hall–Kier alpha value is -1.02. The van der Waals surface area contributed by atoms with Crippen molar-refractivity contribution < 1.29 is 9.53 Å². The van der Waals surface area contributed by atoms with Crippen LogP contribution in [0, 0.1) is 0 Å². The minimum atomic E-state index is -0.430. The predicted molar refractivity (Wildman–Crippen MR) is 89.3 cm³/mol. The third-order valence-electron chi connectivity index (χ3n) is 3.60. The molecule has 0 atom stereocenters. The summed E-state index contributed by atoms with van der Waals surface area (Å²) in [6.45, 7) is 2.99. The second kappa shape index (κ2) is 11.6. The summed E-state index contributed by atoms with van der Waals surface area (Å²) in [5.74, 6) is 0.802. The number of carbonyl (C=O) groups is 1. The molecule has 0 saturated carbocycles. The first kappa shape index (κ1) is 18.0. The van der Waals surface area contributed by atoms with E-state index in [-0.39, 0.29) is 0 Å². The number of halogens is 1. The molecule has 1 aromatic carbocycles. The highest BCUT2D eigenvalue weighted by atomic mass is 35.5. The Morgan fingerprint density at radius 2 is 1.43 bits per heavy atom. The van der Waals surface area contributed by atoms with Gasteiger partial charge in [0.25, 0.3) is 5.24 Å². The highest BCUT2D eigenvalue weighted by Gasteiger charge is 2.01. The smallest absolute Gasteiger partial charge is 0.252 e. The molecule has 118 valence electrons. The van der Waals surface area contributed by atoms with Crippen LogP contribution in [0.1, 0.15) is 75.1 Å². The second-order valence-corrected chi connectivity index (χ2v) is 5.82. The third kappa shape index (κ3) is 8.77. The first-order valence-electron chi connectivity index (χ1n) is 8.16. The molecular weight excluding hydrogens is 284 g/mol. The first-order chi connectivity index (χ1) is 10.2. The fraction of sp³-hybridized carbons (Fsp3) is 0.611. The quantitative estimate of drug-likeness (QED) is 0.351. The van der Waals surface area contributed by atoms with Gasteiger partial charge in [-0.15, -0.1) is 0 Å². The van der Waals surface area contributed by atoms with Gasteiger partial charge in [0.05, 0.1) is 6.61 Å². The number of hydrogen-bond donors (Lipinski definition) is 0. The van der Waals surface area contributed by atoms with Gasteiger partial charge in [-0.3, -0.25) is 4.79 Å². The SMILES string of the molecule is CCCCCCCCCCCOc1ccc(C(=O)Cl)cc1. The molecule has 2 nitrogen and oxygen atoms in total. The molecule has 0 aliphatic rings. The van der Waals surface area contributed by atoms with Gasteiger partial charge in [0.2, 0.25) is 0 Å². The van der Waals surface area contributed by atoms with Crippen molar-refractivity contribution in [2.75, 3.05) is 6.61 Å². The van der Waals surface area contributed by atoms with Gasteiger partial charge in [-0.2, -0.15) is 0 Å². The van der Waals surface area contributed by atoms with Crippen LogP contribution < -0.4 is 4.74 Å². The zero-order valence-electron chi connectivity index (χ0n) is 13.1. The molecular formula is C18H27ClO2. The molecule has 3 heteroatoms. The van der Waals surface area contributed by atoms with Crippen LogP contribution in [0.25, 0.3) is 0 Å². The third-order valence-corrected chi connectivity index (χ3v) is 3.82. The first-order valence-corrected chi connectivity index (χ1v) is 8.54. The maximum absolute atomic E-state index is 10.9. The highest BCUT2D eigenvalue weighted by molar-refractivity contribution is 6.67. The van der Waals surface area contributed by atoms with Crippen molar-refractivity contribution in [2.45, 2.75) is 64.7 Å². The molecule has 21 heavy (non-hydrogen) atoms. The summed E-state index contributed by atoms with van der Waals surface area (Å²) in [4.78, 5) is 10.9. The van der Waals surface area contributed by atoms with Crippen molar-refractivity contribution in [3.05, 3.63) is 29.8 Å². The van der Waals surface area contributed by atoms with Crippen LogP contribution in [0.4, 0.5) is 0 Å². The van der Waals surface area contributed by atoms with Gasteiger partial charge in [0.15, 0.2) is 0 Å². The van der Waals surface area contributed by atoms with Crippen LogP contribution in [0.3, 0.4) is 0 Å². The Morgan fingerprint density at radius 1 is 0.905 bits per heavy atom. The molecule has 0 heterocycles. The molecule has 0 aliphatic heterocycles. The predicted octanol–water partition coefficient (Wildman–Crippen LogP) is 5.98. The summed E-state index contributed by atoms with van der Waals surface area (Å²) < 4.78 is 5.65. The Morgan fingerprint density at radius 3 is 1.95 bits per heavy atom. The normalized spacial score (nSPS) is 10.6. The fourth-order valence-corrected chi connectivity index (χ4v) is 2.41. The number of ether oxygens (including phenoxy) is 1. The molecule has 1 aromatic rings. The van der Waals surface area contributed by atoms with Crippen LogP contribution >= 0.6 is 11.6 Å². The van der Waals surface area contributed by atoms with Crippen LogP contribution in [0.2, 0.25) is 0 Å². The molecule has 0 fully saturated rings. The Kier molecular flexibility index (Phi) is 9.98. The number of unbranched alkanes of at least 4 members (excludes halogenated alkanes) is 8. The van der Waals surface area contributed by atoms with Gasteiger partial charge < -0.3 is 4.74 Å². The van der Waals surface area contributed by atoms with Gasteiger partial charge in [0, 0.05) is 5.56 Å². The summed E-state index contributed by atoms with van der Waals surface area (Å²) in [7, 11) is 0. The zero-order chi connectivity index (χ0) is 15.3. The monoisotopic (exact) mass is 310 g/mol. The summed E-state index contributed by atoms with van der Waals surface area (Å²) in [5.41, 5.74) is 0.507. The van der Waals surface area contributed by atoms with E-state index in [0.29, 0.717) is 5.56 Å². The fourth-order valence-electron chi connectivity index (χ4n) is 2.28. The van der Waals surface area contributed by atoms with Gasteiger partial charge in [-0.1, -0.05) is 58.3 Å². The molecule has 0 spiro atoms. The van der Waals surface area contributed by atoms with Crippen molar-refractivity contribution >= 4 is 16.8 Å². The second-order valence-electron chi connectivity index (χ2n) is 5.47. The summed E-state index contributed by atoms with van der Waals surface area (Å²) in [6, 6.07) is 6.98. The van der Waals surface area contributed by atoms with E-state index in [0.717, 1.165) is 18.8 Å². The lowest BCUT2D eigenvalue weighted by Gasteiger charge is -2.06. The van der Waals surface area contributed by atoms with Crippen molar-refractivity contribution in [1.82, 2.24) is 0 Å². The van der Waals surface area contributed by atoms with Gasteiger partial charge >= 0.3 is 0 Å². The van der Waals surface area contributed by atoms with Crippen molar-refractivity contribution in [3.8, 4) is 5.75 Å². The van der Waals surface area contributed by atoms with Crippen LogP contribution in [-0.2, 0) is 0 Å². The minimum Gasteiger partial charge on any atom is -0.494 e. The van der Waals surface area contributed by atoms with Crippen LogP contribution in [0.5, 0.6) is 5.75 Å². The van der Waals surface area contributed by atoms with E-state index in [9.17, 15) is 4.79 Å². The Bertz CT molecular complexity index is 387. The zero-order valence-corrected chi connectivity index (χ0v) is 13.8. The van der Waals surface area contributed by atoms with E-state index in [2.05, 4.69) is 6.92 Å². The van der Waals surface area contributed by atoms with E-state index in [1.165, 1.54) is 51.4 Å². The molecule has 0 radical (unpaired) electrons. The van der Waals surface area contributed by atoms with Crippen molar-refractivity contribution in [3.63, 3.8) is 0 Å². The van der Waals surface area contributed by atoms with Gasteiger partial charge in [-0.05, 0) is 42.3 Å². The summed E-state index contributed by atoms with van der Waals surface area (Å²) in [5, 5.41) is -0.430. The van der Waals surface area contributed by atoms with Crippen LogP contribution in [-0.4, -0.2) is 11.8 Å². The minimum absolute atomic E-state index is 0.430. The summed E-state index contributed by atoms with van der Waals surface area (Å²) in [6.07, 6.45) is 11.8. The molecule has 0 saturated heterocycles. The number of carbonyl (C=O) groups excluding carboxylic acids is 1. The Labute approximate surface area is 133 Å². The van der Waals surface area contributed by atoms with Crippen molar-refractivity contribution in [2.24, 2.45) is 0 Å². The van der Waals surface area contributed by atoms with E-state index >= 15 is 0 Å². The standard InChI is InChI=1S/C18H27ClO2/c1-2-3-4-5-6-7-8-9-10-15-21-17-13-11-16(12-14-17)18(19)20/h11-14H,2-10,15H2,1H3. The maximum atomic E-state index is 10.9. The highest BCUT2D eigenvalue weighted by Crippen LogP contribution is 2.15. The molecule has 0 aromatic heterocycles.